The lowest BCUT2D eigenvalue weighted by molar-refractivity contribution is -0.134. The molecule has 0 aromatic rings. The Morgan fingerprint density at radius 1 is 1.42 bits per heavy atom. The van der Waals surface area contributed by atoms with Gasteiger partial charge in [0.25, 0.3) is 0 Å². The van der Waals surface area contributed by atoms with Crippen LogP contribution in [0.15, 0.2) is 0 Å². The van der Waals surface area contributed by atoms with E-state index in [9.17, 15) is 9.90 Å². The van der Waals surface area contributed by atoms with Crippen molar-refractivity contribution in [3.05, 3.63) is 0 Å². The molecule has 4 nitrogen and oxygen atoms in total. The molecule has 0 spiro atoms. The number of amides is 1. The number of aliphatic hydroxyl groups is 1. The predicted octanol–water partition coefficient (Wildman–Crippen LogP) is 1.76. The van der Waals surface area contributed by atoms with Gasteiger partial charge in [0, 0.05) is 19.5 Å². The van der Waals surface area contributed by atoms with E-state index >= 15 is 0 Å². The molecule has 0 aliphatic carbocycles. The van der Waals surface area contributed by atoms with Crippen LogP contribution >= 0.6 is 0 Å². The largest absolute Gasteiger partial charge is 0.391 e. The van der Waals surface area contributed by atoms with E-state index in [4.69, 9.17) is 5.73 Å². The van der Waals surface area contributed by atoms with Gasteiger partial charge in [0.1, 0.15) is 0 Å². The van der Waals surface area contributed by atoms with Crippen molar-refractivity contribution < 1.29 is 9.90 Å². The van der Waals surface area contributed by atoms with Crippen molar-refractivity contribution in [3.8, 4) is 0 Å². The minimum absolute atomic E-state index is 0.185. The van der Waals surface area contributed by atoms with E-state index in [1.807, 2.05) is 4.90 Å². The maximum atomic E-state index is 12.2. The van der Waals surface area contributed by atoms with E-state index < -0.39 is 0 Å². The standard InChI is InChI=1S/C15H30N2O2/c1-15(2,3)12(8-9-16)6-7-14(19)17-10-4-5-13(18)11-17/h12-13,18H,4-11,16H2,1-3H3/t12?,13-/m0/s1. The van der Waals surface area contributed by atoms with Crippen LogP contribution in [0, 0.1) is 11.3 Å². The number of piperidine rings is 1. The predicted molar refractivity (Wildman–Crippen MR) is 77.7 cm³/mol. The summed E-state index contributed by atoms with van der Waals surface area (Å²) >= 11 is 0. The molecule has 4 heteroatoms. The third-order valence-corrected chi connectivity index (χ3v) is 4.20. The van der Waals surface area contributed by atoms with Crippen LogP contribution < -0.4 is 5.73 Å². The van der Waals surface area contributed by atoms with E-state index in [1.165, 1.54) is 0 Å². The second-order valence-electron chi connectivity index (χ2n) is 6.81. The lowest BCUT2D eigenvalue weighted by Crippen LogP contribution is -2.42. The first-order valence-corrected chi connectivity index (χ1v) is 7.50. The lowest BCUT2D eigenvalue weighted by Gasteiger charge is -2.33. The number of aliphatic hydroxyl groups excluding tert-OH is 1. The van der Waals surface area contributed by atoms with Crippen LogP contribution in [0.5, 0.6) is 0 Å². The second-order valence-corrected chi connectivity index (χ2v) is 6.81. The third-order valence-electron chi connectivity index (χ3n) is 4.20. The van der Waals surface area contributed by atoms with Gasteiger partial charge in [-0.15, -0.1) is 0 Å². The summed E-state index contributed by atoms with van der Waals surface area (Å²) in [6, 6.07) is 0. The molecule has 1 saturated heterocycles. The summed E-state index contributed by atoms with van der Waals surface area (Å²) < 4.78 is 0. The summed E-state index contributed by atoms with van der Waals surface area (Å²) in [6.45, 7) is 8.62. The van der Waals surface area contributed by atoms with Crippen molar-refractivity contribution in [1.29, 1.82) is 0 Å². The highest BCUT2D eigenvalue weighted by atomic mass is 16.3. The van der Waals surface area contributed by atoms with Crippen LogP contribution in [-0.2, 0) is 4.79 Å². The molecule has 1 unspecified atom stereocenters. The molecule has 1 rings (SSSR count). The van der Waals surface area contributed by atoms with Crippen LogP contribution in [0.25, 0.3) is 0 Å². The Morgan fingerprint density at radius 2 is 2.11 bits per heavy atom. The van der Waals surface area contributed by atoms with Crippen molar-refractivity contribution in [3.63, 3.8) is 0 Å². The number of hydrogen-bond donors (Lipinski definition) is 2. The van der Waals surface area contributed by atoms with Gasteiger partial charge in [-0.05, 0) is 43.6 Å². The smallest absolute Gasteiger partial charge is 0.222 e. The molecule has 0 bridgehead atoms. The quantitative estimate of drug-likeness (QED) is 0.800. The maximum absolute atomic E-state index is 12.2. The molecule has 19 heavy (non-hydrogen) atoms. The number of nitrogens with zero attached hydrogens (tertiary/aromatic N) is 1. The van der Waals surface area contributed by atoms with Gasteiger partial charge < -0.3 is 15.7 Å². The Balaban J connectivity index is 2.43. The molecule has 0 saturated carbocycles. The lowest BCUT2D eigenvalue weighted by atomic mass is 9.76. The van der Waals surface area contributed by atoms with Crippen molar-refractivity contribution in [2.75, 3.05) is 19.6 Å². The molecule has 0 radical (unpaired) electrons. The van der Waals surface area contributed by atoms with Crippen LogP contribution in [0.3, 0.4) is 0 Å². The maximum Gasteiger partial charge on any atom is 0.222 e. The van der Waals surface area contributed by atoms with E-state index in [-0.39, 0.29) is 17.4 Å². The summed E-state index contributed by atoms with van der Waals surface area (Å²) in [5.74, 6) is 0.668. The van der Waals surface area contributed by atoms with Gasteiger partial charge in [-0.3, -0.25) is 4.79 Å². The first-order valence-electron chi connectivity index (χ1n) is 7.50. The van der Waals surface area contributed by atoms with Gasteiger partial charge in [-0.2, -0.15) is 0 Å². The van der Waals surface area contributed by atoms with Crippen molar-refractivity contribution in [1.82, 2.24) is 4.90 Å². The number of likely N-dealkylation sites (tertiary alicyclic amines) is 1. The third kappa shape index (κ3) is 5.49. The zero-order valence-electron chi connectivity index (χ0n) is 12.7. The van der Waals surface area contributed by atoms with Gasteiger partial charge in [-0.25, -0.2) is 0 Å². The molecule has 112 valence electrons. The Kier molecular flexibility index (Phi) is 6.27. The summed E-state index contributed by atoms with van der Waals surface area (Å²) in [5, 5.41) is 9.61. The van der Waals surface area contributed by atoms with Crippen LogP contribution in [0.4, 0.5) is 0 Å². The normalized spacial score (nSPS) is 22.4. The molecule has 1 fully saturated rings. The minimum Gasteiger partial charge on any atom is -0.391 e. The highest BCUT2D eigenvalue weighted by Gasteiger charge is 2.26. The number of β-amino-alcohol motifs (C(OH)–C–C–N with tert-alkyl or cyclic N) is 1. The Morgan fingerprint density at radius 3 is 2.63 bits per heavy atom. The Hall–Kier alpha value is -0.610. The van der Waals surface area contributed by atoms with Crippen LogP contribution in [0.1, 0.15) is 52.9 Å². The van der Waals surface area contributed by atoms with E-state index in [0.29, 0.717) is 25.4 Å². The number of nitrogens with two attached hydrogens (primary N) is 1. The molecular weight excluding hydrogens is 240 g/mol. The molecule has 1 heterocycles. The van der Waals surface area contributed by atoms with Crippen LogP contribution in [0.2, 0.25) is 0 Å². The van der Waals surface area contributed by atoms with E-state index in [0.717, 1.165) is 32.2 Å². The zero-order chi connectivity index (χ0) is 14.5. The molecular formula is C15H30N2O2. The molecule has 0 aromatic carbocycles. The summed E-state index contributed by atoms with van der Waals surface area (Å²) in [6.07, 6.45) is 3.85. The van der Waals surface area contributed by atoms with Gasteiger partial charge >= 0.3 is 0 Å². The van der Waals surface area contributed by atoms with Crippen LogP contribution in [-0.4, -0.2) is 41.7 Å². The van der Waals surface area contributed by atoms with Gasteiger partial charge in [0.2, 0.25) is 5.91 Å². The van der Waals surface area contributed by atoms with Gasteiger partial charge in [-0.1, -0.05) is 20.8 Å². The monoisotopic (exact) mass is 270 g/mol. The van der Waals surface area contributed by atoms with Gasteiger partial charge in [0.05, 0.1) is 6.10 Å². The minimum atomic E-state index is -0.333. The molecule has 2 atom stereocenters. The first-order chi connectivity index (χ1) is 8.84. The fourth-order valence-electron chi connectivity index (χ4n) is 2.85. The Bertz CT molecular complexity index is 286. The van der Waals surface area contributed by atoms with Crippen molar-refractivity contribution in [2.45, 2.75) is 59.0 Å². The van der Waals surface area contributed by atoms with Crippen molar-refractivity contribution in [2.24, 2.45) is 17.1 Å². The van der Waals surface area contributed by atoms with Crippen molar-refractivity contribution >= 4 is 5.91 Å². The fourth-order valence-corrected chi connectivity index (χ4v) is 2.85. The topological polar surface area (TPSA) is 66.6 Å². The summed E-state index contributed by atoms with van der Waals surface area (Å²) in [7, 11) is 0. The molecule has 1 aliphatic rings. The highest BCUT2D eigenvalue weighted by Crippen LogP contribution is 2.32. The molecule has 0 aromatic heterocycles. The molecule has 3 N–H and O–H groups in total. The SMILES string of the molecule is CC(C)(C)C(CCN)CCC(=O)N1CCC[C@H](O)C1. The average molecular weight is 270 g/mol. The number of carbonyl (C=O) groups is 1. The molecule has 1 amide bonds. The van der Waals surface area contributed by atoms with E-state index in [1.54, 1.807) is 0 Å². The summed E-state index contributed by atoms with van der Waals surface area (Å²) in [4.78, 5) is 14.0. The summed E-state index contributed by atoms with van der Waals surface area (Å²) in [5.41, 5.74) is 5.86. The number of hydrogen-bond acceptors (Lipinski definition) is 3. The molecule has 1 aliphatic heterocycles. The fraction of sp³-hybridized carbons (Fsp3) is 0.933. The highest BCUT2D eigenvalue weighted by molar-refractivity contribution is 5.76. The average Bonchev–Trinajstić information content (AvgIpc) is 2.32. The first kappa shape index (κ1) is 16.4. The number of carbonyl (C=O) groups excluding carboxylic acids is 1. The number of rotatable bonds is 5. The van der Waals surface area contributed by atoms with E-state index in [2.05, 4.69) is 20.8 Å². The Labute approximate surface area is 117 Å². The second kappa shape index (κ2) is 7.25. The zero-order valence-corrected chi connectivity index (χ0v) is 12.7. The van der Waals surface area contributed by atoms with Gasteiger partial charge in [0.15, 0.2) is 0 Å².